The molecule has 0 saturated carbocycles. The van der Waals surface area contributed by atoms with Crippen molar-refractivity contribution in [2.75, 3.05) is 30.6 Å². The molecule has 252 valence electrons. The van der Waals surface area contributed by atoms with Crippen LogP contribution in [0.3, 0.4) is 0 Å². The lowest BCUT2D eigenvalue weighted by Crippen LogP contribution is -2.15. The molecule has 0 saturated heterocycles. The van der Waals surface area contributed by atoms with Gasteiger partial charge in [-0.05, 0) is 89.0 Å². The van der Waals surface area contributed by atoms with Crippen molar-refractivity contribution in [3.8, 4) is 0 Å². The highest BCUT2D eigenvalue weighted by atomic mass is 16.5. The third kappa shape index (κ3) is 9.78. The first kappa shape index (κ1) is 37.0. The van der Waals surface area contributed by atoms with E-state index in [0.29, 0.717) is 39.3 Å². The minimum Gasteiger partial charge on any atom is -0.465 e. The minimum atomic E-state index is -0.486. The number of nitrogens with two attached hydrogens (primary N) is 1. The van der Waals surface area contributed by atoms with Crippen LogP contribution >= 0.6 is 0 Å². The van der Waals surface area contributed by atoms with Gasteiger partial charge in [0.05, 0.1) is 36.7 Å². The summed E-state index contributed by atoms with van der Waals surface area (Å²) < 4.78 is 9.39. The van der Waals surface area contributed by atoms with Crippen molar-refractivity contribution < 1.29 is 28.7 Å². The first-order valence-corrected chi connectivity index (χ1v) is 15.4. The van der Waals surface area contributed by atoms with Gasteiger partial charge in [0.1, 0.15) is 0 Å². The normalized spacial score (nSPS) is 11.0. The van der Waals surface area contributed by atoms with E-state index in [9.17, 15) is 19.2 Å². The van der Waals surface area contributed by atoms with E-state index in [-0.39, 0.29) is 22.6 Å². The first-order valence-electron chi connectivity index (χ1n) is 15.4. The van der Waals surface area contributed by atoms with Crippen LogP contribution < -0.4 is 16.4 Å². The second-order valence-corrected chi connectivity index (χ2v) is 13.4. The maximum Gasteiger partial charge on any atom is 0.337 e. The molecule has 0 unspecified atom stereocenters. The number of ether oxygens (including phenoxy) is 2. The molecule has 0 aliphatic rings. The van der Waals surface area contributed by atoms with Crippen LogP contribution in [0.15, 0.2) is 84.9 Å². The average Bonchev–Trinajstić information content (AvgIpc) is 3.05. The van der Waals surface area contributed by atoms with Gasteiger partial charge in [0.25, 0.3) is 11.8 Å². The summed E-state index contributed by atoms with van der Waals surface area (Å²) in [5.74, 6) is -1.41. The average molecular weight is 652 g/mol. The molecule has 0 radical (unpaired) electrons. The summed E-state index contributed by atoms with van der Waals surface area (Å²) in [5.41, 5.74) is 12.3. The molecule has 48 heavy (non-hydrogen) atoms. The van der Waals surface area contributed by atoms with Crippen molar-refractivity contribution in [3.63, 3.8) is 0 Å². The van der Waals surface area contributed by atoms with Crippen molar-refractivity contribution in [2.45, 2.75) is 59.3 Å². The molecule has 0 heterocycles. The van der Waals surface area contributed by atoms with Crippen molar-refractivity contribution in [1.29, 1.82) is 0 Å². The van der Waals surface area contributed by atoms with Gasteiger partial charge in [-0.1, -0.05) is 71.9 Å². The maximum atomic E-state index is 12.5. The van der Waals surface area contributed by atoms with Gasteiger partial charge in [-0.25, -0.2) is 9.59 Å². The molecule has 0 atom stereocenters. The minimum absolute atomic E-state index is 0.0221. The summed E-state index contributed by atoms with van der Waals surface area (Å²) in [6, 6.07) is 24.7. The molecule has 4 aromatic rings. The fourth-order valence-electron chi connectivity index (χ4n) is 4.54. The van der Waals surface area contributed by atoms with Crippen molar-refractivity contribution >= 4 is 40.8 Å². The molecule has 0 aromatic heterocycles. The highest BCUT2D eigenvalue weighted by Crippen LogP contribution is 2.25. The van der Waals surface area contributed by atoms with E-state index >= 15 is 0 Å². The molecule has 0 fully saturated rings. The van der Waals surface area contributed by atoms with E-state index in [1.54, 1.807) is 42.5 Å². The lowest BCUT2D eigenvalue weighted by Gasteiger charge is -2.19. The summed E-state index contributed by atoms with van der Waals surface area (Å²) in [6.45, 7) is 14.6. The smallest absolute Gasteiger partial charge is 0.337 e. The molecule has 4 rings (SSSR count). The third-order valence-electron chi connectivity index (χ3n) is 7.66. The number of methoxy groups -OCH3 is 2. The number of aryl methyl sites for hydroxylation is 1. The van der Waals surface area contributed by atoms with Crippen LogP contribution in [0, 0.1) is 6.92 Å². The number of rotatable bonds is 6. The number of hydrogen-bond donors (Lipinski definition) is 3. The Morgan fingerprint density at radius 1 is 0.542 bits per heavy atom. The number of esters is 2. The Bertz CT molecular complexity index is 1650. The fourth-order valence-corrected chi connectivity index (χ4v) is 4.54. The van der Waals surface area contributed by atoms with E-state index in [4.69, 9.17) is 10.5 Å². The van der Waals surface area contributed by atoms with Gasteiger partial charge < -0.3 is 25.8 Å². The molecule has 0 aliphatic carbocycles. The van der Waals surface area contributed by atoms with Crippen molar-refractivity contribution in [1.82, 2.24) is 0 Å². The number of benzene rings is 4. The molecule has 4 aromatic carbocycles. The Kier molecular flexibility index (Phi) is 11.9. The van der Waals surface area contributed by atoms with Crippen molar-refractivity contribution in [2.24, 2.45) is 0 Å². The Hall–Kier alpha value is -5.44. The highest BCUT2D eigenvalue weighted by molar-refractivity contribution is 6.07. The third-order valence-corrected chi connectivity index (χ3v) is 7.66. The number of amides is 2. The molecule has 4 N–H and O–H groups in total. The second-order valence-electron chi connectivity index (χ2n) is 13.4. The van der Waals surface area contributed by atoms with Gasteiger partial charge in [0.15, 0.2) is 0 Å². The number of hydrogen-bond acceptors (Lipinski definition) is 7. The summed E-state index contributed by atoms with van der Waals surface area (Å²) >= 11 is 0. The zero-order valence-electron chi connectivity index (χ0n) is 29.1. The number of nitrogens with one attached hydrogen (secondary N) is 2. The molecule has 9 heteroatoms. The molecule has 9 nitrogen and oxygen atoms in total. The topological polar surface area (TPSA) is 137 Å². The van der Waals surface area contributed by atoms with E-state index in [1.807, 2.05) is 43.3 Å². The van der Waals surface area contributed by atoms with Gasteiger partial charge in [0, 0.05) is 16.8 Å². The largest absolute Gasteiger partial charge is 0.465 e. The van der Waals surface area contributed by atoms with Crippen LogP contribution in [-0.2, 0) is 20.3 Å². The molecule has 0 bridgehead atoms. The van der Waals surface area contributed by atoms with Crippen LogP contribution in [0.4, 0.5) is 17.1 Å². The molecule has 0 spiro atoms. The van der Waals surface area contributed by atoms with Gasteiger partial charge in [0.2, 0.25) is 0 Å². The predicted molar refractivity (Wildman–Crippen MR) is 191 cm³/mol. The van der Waals surface area contributed by atoms with Crippen LogP contribution in [-0.4, -0.2) is 38.0 Å². The Labute approximate surface area is 282 Å². The standard InChI is InChI=1S/C20H23NO3.C19H22N2O3/c1-13-6-7-15(19(23)24-5)12-17(13)21-18(22)14-8-10-16(11-9-14)20(2,3)4;1-19(2,3)14-8-5-12(6-9-14)17(22)21-16-11-13(18(23)24-4)7-10-15(16)20/h6-12H,1-5H3,(H,21,22);5-11H,20H2,1-4H3,(H,21,22). The Balaban J connectivity index is 0.000000260. The number of carbonyl (C=O) groups excluding carboxylic acids is 4. The van der Waals surface area contributed by atoms with E-state index in [1.165, 1.54) is 25.8 Å². The SMILES string of the molecule is COC(=O)c1ccc(C)c(NC(=O)c2ccc(C(C)(C)C)cc2)c1.COC(=O)c1ccc(N)c(NC(=O)c2ccc(C(C)(C)C)cc2)c1. The maximum absolute atomic E-state index is 12.5. The van der Waals surface area contributed by atoms with E-state index in [2.05, 4.69) is 56.9 Å². The van der Waals surface area contributed by atoms with Gasteiger partial charge in [-0.3, -0.25) is 9.59 Å². The van der Waals surface area contributed by atoms with E-state index in [0.717, 1.165) is 11.1 Å². The molecule has 0 aliphatic heterocycles. The summed E-state index contributed by atoms with van der Waals surface area (Å²) in [5, 5.41) is 5.59. The molecular weight excluding hydrogens is 606 g/mol. The van der Waals surface area contributed by atoms with Gasteiger partial charge in [-0.2, -0.15) is 0 Å². The lowest BCUT2D eigenvalue weighted by atomic mass is 9.86. The van der Waals surface area contributed by atoms with Crippen LogP contribution in [0.5, 0.6) is 0 Å². The summed E-state index contributed by atoms with van der Waals surface area (Å²) in [7, 11) is 2.63. The highest BCUT2D eigenvalue weighted by Gasteiger charge is 2.17. The first-order chi connectivity index (χ1) is 22.4. The number of carbonyl (C=O) groups is 4. The monoisotopic (exact) mass is 651 g/mol. The van der Waals surface area contributed by atoms with E-state index < -0.39 is 11.9 Å². The second kappa shape index (κ2) is 15.4. The Morgan fingerprint density at radius 3 is 1.29 bits per heavy atom. The number of nitrogen functional groups attached to an aromatic ring is 1. The zero-order chi connectivity index (χ0) is 35.8. The molecular formula is C39H45N3O6. The molecule has 2 amide bonds. The number of anilines is 3. The van der Waals surface area contributed by atoms with Gasteiger partial charge in [-0.15, -0.1) is 0 Å². The Morgan fingerprint density at radius 2 is 0.896 bits per heavy atom. The quantitative estimate of drug-likeness (QED) is 0.142. The van der Waals surface area contributed by atoms with Crippen LogP contribution in [0.2, 0.25) is 0 Å². The van der Waals surface area contributed by atoms with Crippen LogP contribution in [0.25, 0.3) is 0 Å². The summed E-state index contributed by atoms with van der Waals surface area (Å²) in [6.07, 6.45) is 0. The van der Waals surface area contributed by atoms with Crippen LogP contribution in [0.1, 0.15) is 99.7 Å². The summed E-state index contributed by atoms with van der Waals surface area (Å²) in [4.78, 5) is 48.1. The predicted octanol–water partition coefficient (Wildman–Crippen LogP) is 7.94. The fraction of sp³-hybridized carbons (Fsp3) is 0.282. The van der Waals surface area contributed by atoms with Gasteiger partial charge >= 0.3 is 11.9 Å². The van der Waals surface area contributed by atoms with Crippen molar-refractivity contribution in [3.05, 3.63) is 124 Å². The zero-order valence-corrected chi connectivity index (χ0v) is 29.1. The lowest BCUT2D eigenvalue weighted by molar-refractivity contribution is 0.0592.